The fourth-order valence-corrected chi connectivity index (χ4v) is 5.67. The summed E-state index contributed by atoms with van der Waals surface area (Å²) in [5.74, 6) is -0.187. The van der Waals surface area contributed by atoms with Gasteiger partial charge in [0.1, 0.15) is 16.3 Å². The van der Waals surface area contributed by atoms with E-state index in [1.165, 1.54) is 11.3 Å². The number of hydrogen-bond acceptors (Lipinski definition) is 8. The number of anilines is 2. The molecule has 0 spiro atoms. The maximum atomic E-state index is 13.0. The van der Waals surface area contributed by atoms with Crippen LogP contribution in [-0.4, -0.2) is 45.9 Å². The van der Waals surface area contributed by atoms with Crippen LogP contribution in [-0.2, 0) is 22.0 Å². The van der Waals surface area contributed by atoms with Gasteiger partial charge in [0.25, 0.3) is 10.2 Å². The van der Waals surface area contributed by atoms with Crippen LogP contribution in [0.25, 0.3) is 10.4 Å². The molecule has 0 amide bonds. The number of hydrogen-bond donors (Lipinski definition) is 3. The molecule has 0 aliphatic carbocycles. The van der Waals surface area contributed by atoms with Crippen LogP contribution >= 0.6 is 11.3 Å². The quantitative estimate of drug-likeness (QED) is 0.461. The average molecular weight is 529 g/mol. The molecule has 3 heterocycles. The Morgan fingerprint density at radius 2 is 1.97 bits per heavy atom. The second-order valence-corrected chi connectivity index (χ2v) is 10.9. The van der Waals surface area contributed by atoms with E-state index in [2.05, 4.69) is 20.3 Å². The Morgan fingerprint density at radius 3 is 2.69 bits per heavy atom. The van der Waals surface area contributed by atoms with Crippen LogP contribution in [0.3, 0.4) is 0 Å². The average Bonchev–Trinajstić information content (AvgIpc) is 3.17. The fourth-order valence-electron chi connectivity index (χ4n) is 3.89. The number of halogens is 3. The van der Waals surface area contributed by atoms with Crippen LogP contribution in [0.1, 0.15) is 35.5 Å². The first kappa shape index (κ1) is 25.4. The maximum absolute atomic E-state index is 13.0. The van der Waals surface area contributed by atoms with E-state index in [0.717, 1.165) is 32.6 Å². The van der Waals surface area contributed by atoms with Gasteiger partial charge in [-0.25, -0.2) is 20.1 Å². The number of benzene rings is 1. The molecule has 0 unspecified atom stereocenters. The van der Waals surface area contributed by atoms with Crippen LogP contribution in [0.15, 0.2) is 36.7 Å². The second-order valence-electron chi connectivity index (χ2n) is 8.33. The molecule has 3 aromatic rings. The number of nitrogens with zero attached hydrogens (tertiary/aromatic N) is 4. The summed E-state index contributed by atoms with van der Waals surface area (Å²) in [6.45, 7) is 2.15. The normalized spacial score (nSPS) is 19.9. The highest BCUT2D eigenvalue weighted by Gasteiger charge is 2.37. The van der Waals surface area contributed by atoms with Gasteiger partial charge in [0.15, 0.2) is 0 Å². The highest BCUT2D eigenvalue weighted by Crippen LogP contribution is 2.39. The van der Waals surface area contributed by atoms with Crippen molar-refractivity contribution in [3.8, 4) is 10.4 Å². The Bertz CT molecular complexity index is 1330. The van der Waals surface area contributed by atoms with E-state index in [9.17, 15) is 26.7 Å². The van der Waals surface area contributed by atoms with Gasteiger partial charge in [-0.1, -0.05) is 6.07 Å². The molecule has 1 saturated heterocycles. The molecule has 4 N–H and O–H groups in total. The van der Waals surface area contributed by atoms with Crippen LogP contribution < -0.4 is 10.5 Å². The zero-order chi connectivity index (χ0) is 25.4. The third-order valence-electron chi connectivity index (χ3n) is 5.60. The van der Waals surface area contributed by atoms with Crippen molar-refractivity contribution in [2.24, 2.45) is 5.14 Å². The minimum absolute atomic E-state index is 0.0831. The Hall–Kier alpha value is -2.65. The van der Waals surface area contributed by atoms with Gasteiger partial charge < -0.3 is 10.4 Å². The molecule has 1 aliphatic rings. The predicted molar refractivity (Wildman–Crippen MR) is 125 cm³/mol. The van der Waals surface area contributed by atoms with E-state index < -0.39 is 27.7 Å². The lowest BCUT2D eigenvalue weighted by molar-refractivity contribution is -0.141. The minimum atomic E-state index is -4.58. The first-order chi connectivity index (χ1) is 16.3. The third kappa shape index (κ3) is 5.95. The highest BCUT2D eigenvalue weighted by atomic mass is 32.2. The summed E-state index contributed by atoms with van der Waals surface area (Å²) in [5, 5.41) is 19.7. The first-order valence-electron chi connectivity index (χ1n) is 10.6. The Kier molecular flexibility index (Phi) is 6.85. The lowest BCUT2D eigenvalue weighted by Gasteiger charge is -2.24. The number of aromatic nitrogens is 3. The number of thiazole rings is 1. The zero-order valence-electron chi connectivity index (χ0n) is 18.6. The van der Waals surface area contributed by atoms with Crippen molar-refractivity contribution in [3.05, 3.63) is 52.9 Å². The summed E-state index contributed by atoms with van der Waals surface area (Å²) < 4.78 is 63.4. The van der Waals surface area contributed by atoms with Gasteiger partial charge >= 0.3 is 6.18 Å². The molecule has 9 nitrogen and oxygen atoms in total. The van der Waals surface area contributed by atoms with Crippen LogP contribution in [0.4, 0.5) is 24.8 Å². The third-order valence-corrected chi connectivity index (χ3v) is 7.93. The van der Waals surface area contributed by atoms with Crippen LogP contribution in [0, 0.1) is 6.92 Å². The second kappa shape index (κ2) is 9.43. The molecular weight excluding hydrogens is 505 g/mol. The van der Waals surface area contributed by atoms with Gasteiger partial charge in [0.05, 0.1) is 4.88 Å². The topological polar surface area (TPSA) is 134 Å². The summed E-state index contributed by atoms with van der Waals surface area (Å²) in [4.78, 5) is 12.5. The molecule has 1 aromatic carbocycles. The number of aliphatic hydroxyl groups is 1. The van der Waals surface area contributed by atoms with Gasteiger partial charge in [-0.15, -0.1) is 11.3 Å². The molecule has 1 fully saturated rings. The summed E-state index contributed by atoms with van der Waals surface area (Å²) in [6.07, 6.45) is -1.02. The smallest absolute Gasteiger partial charge is 0.383 e. The Labute approximate surface area is 204 Å². The lowest BCUT2D eigenvalue weighted by Crippen LogP contribution is -2.38. The van der Waals surface area contributed by atoms with Gasteiger partial charge in [-0.05, 0) is 55.5 Å². The summed E-state index contributed by atoms with van der Waals surface area (Å²) in [5.41, 5.74) is -0.270. The van der Waals surface area contributed by atoms with Crippen molar-refractivity contribution < 1.29 is 26.7 Å². The number of nitrogens with one attached hydrogen (secondary N) is 1. The van der Waals surface area contributed by atoms with Gasteiger partial charge in [-0.3, -0.25) is 0 Å². The maximum Gasteiger partial charge on any atom is 0.433 e. The predicted octanol–water partition coefficient (Wildman–Crippen LogP) is 3.55. The number of rotatable bonds is 5. The number of alkyl halides is 3. The van der Waals surface area contributed by atoms with Crippen molar-refractivity contribution in [1.82, 2.24) is 19.3 Å². The monoisotopic (exact) mass is 528 g/mol. The largest absolute Gasteiger partial charge is 0.433 e. The molecule has 1 aliphatic heterocycles. The number of aryl methyl sites for hydroxylation is 1. The van der Waals surface area contributed by atoms with E-state index >= 15 is 0 Å². The van der Waals surface area contributed by atoms with Gasteiger partial charge in [0.2, 0.25) is 5.95 Å². The molecule has 4 rings (SSSR count). The van der Waals surface area contributed by atoms with Gasteiger partial charge in [0, 0.05) is 31.2 Å². The van der Waals surface area contributed by atoms with Gasteiger partial charge in [-0.2, -0.15) is 25.9 Å². The Morgan fingerprint density at radius 1 is 1.20 bits per heavy atom. The molecule has 0 saturated carbocycles. The SMILES string of the molecule is Cc1cc(Nc2nccc(C(F)(F)F)n2)cc(-c2cnc([C@]3(O)CCCN(S(N)(=O)=O)CC3)s2)c1. The lowest BCUT2D eigenvalue weighted by atomic mass is 9.96. The zero-order valence-corrected chi connectivity index (χ0v) is 20.2. The summed E-state index contributed by atoms with van der Waals surface area (Å²) in [6, 6.07) is 6.16. The van der Waals surface area contributed by atoms with E-state index in [4.69, 9.17) is 5.14 Å². The molecule has 188 valence electrons. The molecule has 14 heteroatoms. The summed E-state index contributed by atoms with van der Waals surface area (Å²) in [7, 11) is -3.84. The first-order valence-corrected chi connectivity index (χ1v) is 12.9. The molecule has 2 aromatic heterocycles. The highest BCUT2D eigenvalue weighted by molar-refractivity contribution is 7.86. The number of nitrogens with two attached hydrogens (primary N) is 1. The van der Waals surface area contributed by atoms with E-state index in [0.29, 0.717) is 23.5 Å². The van der Waals surface area contributed by atoms with Crippen molar-refractivity contribution in [2.75, 3.05) is 18.4 Å². The van der Waals surface area contributed by atoms with E-state index in [1.807, 2.05) is 13.0 Å². The molecule has 1 atom stereocenters. The van der Waals surface area contributed by atoms with Crippen LogP contribution in [0.2, 0.25) is 0 Å². The molecule has 35 heavy (non-hydrogen) atoms. The van der Waals surface area contributed by atoms with Crippen molar-refractivity contribution >= 4 is 33.2 Å². The summed E-state index contributed by atoms with van der Waals surface area (Å²) >= 11 is 1.27. The fraction of sp³-hybridized carbons (Fsp3) is 0.381. The molecule has 0 radical (unpaired) electrons. The molecular formula is C21H23F3N6O3S2. The molecule has 0 bridgehead atoms. The van der Waals surface area contributed by atoms with Crippen molar-refractivity contribution in [3.63, 3.8) is 0 Å². The Balaban J connectivity index is 1.57. The van der Waals surface area contributed by atoms with Crippen molar-refractivity contribution in [1.29, 1.82) is 0 Å². The van der Waals surface area contributed by atoms with Crippen LogP contribution in [0.5, 0.6) is 0 Å². The van der Waals surface area contributed by atoms with E-state index in [-0.39, 0.29) is 25.5 Å². The minimum Gasteiger partial charge on any atom is -0.383 e. The van der Waals surface area contributed by atoms with E-state index in [1.54, 1.807) is 18.3 Å². The van der Waals surface area contributed by atoms with Crippen molar-refractivity contribution in [2.45, 2.75) is 38.0 Å². The standard InChI is InChI=1S/C21H23F3N6O3S2/c1-13-9-14(11-15(10-13)28-19-26-6-3-17(29-19)21(22,23)24)16-12-27-18(34-16)20(31)4-2-7-30(8-5-20)35(25,32)33/h3,6,9-12,31H,2,4-5,7-8H2,1H3,(H2,25,32,33)(H,26,28,29)/t20-/m0/s1.